The number of benzene rings is 1. The fraction of sp³-hybridized carbons (Fsp3) is 0.632. The standard InChI is InChI=1S/C19H25N3O3/c1-12(16-3-2-4-17(10-16)22(24)25)20-19(23)21-11-15-6-13-5-14(7-15)9-18(21)8-13/h2-4,10,12-15,18H,5-9,11H2,1H3,(H,20,23). The van der Waals surface area contributed by atoms with Crippen LogP contribution in [0.15, 0.2) is 24.3 Å². The number of nitro benzene ring substituents is 1. The zero-order chi connectivity index (χ0) is 17.6. The Labute approximate surface area is 147 Å². The van der Waals surface area contributed by atoms with Gasteiger partial charge in [-0.3, -0.25) is 10.1 Å². The molecule has 0 aromatic heterocycles. The minimum atomic E-state index is -0.401. The first-order valence-electron chi connectivity index (χ1n) is 9.31. The van der Waals surface area contributed by atoms with Crippen molar-refractivity contribution in [3.63, 3.8) is 0 Å². The van der Waals surface area contributed by atoms with Crippen molar-refractivity contribution in [2.75, 3.05) is 6.54 Å². The highest BCUT2D eigenvalue weighted by Crippen LogP contribution is 2.47. The summed E-state index contributed by atoms with van der Waals surface area (Å²) in [6, 6.07) is 6.62. The van der Waals surface area contributed by atoms with Gasteiger partial charge in [0.05, 0.1) is 11.0 Å². The smallest absolute Gasteiger partial charge is 0.318 e. The van der Waals surface area contributed by atoms with Crippen LogP contribution < -0.4 is 5.32 Å². The van der Waals surface area contributed by atoms with E-state index in [1.54, 1.807) is 12.1 Å². The number of amides is 2. The van der Waals surface area contributed by atoms with Gasteiger partial charge in [-0.2, -0.15) is 0 Å². The Hall–Kier alpha value is -2.11. The molecule has 2 aliphatic heterocycles. The van der Waals surface area contributed by atoms with E-state index in [9.17, 15) is 14.9 Å². The van der Waals surface area contributed by atoms with Crippen LogP contribution in [0.25, 0.3) is 0 Å². The van der Waals surface area contributed by atoms with E-state index in [2.05, 4.69) is 10.2 Å². The van der Waals surface area contributed by atoms with Gasteiger partial charge < -0.3 is 10.2 Å². The molecule has 6 heteroatoms. The first-order chi connectivity index (χ1) is 12.0. The van der Waals surface area contributed by atoms with Crippen LogP contribution in [0.1, 0.15) is 50.6 Å². The molecule has 2 aliphatic carbocycles. The molecular weight excluding hydrogens is 318 g/mol. The Bertz CT molecular complexity index is 678. The average Bonchev–Trinajstić information content (AvgIpc) is 2.78. The summed E-state index contributed by atoms with van der Waals surface area (Å²) in [6.45, 7) is 2.75. The zero-order valence-corrected chi connectivity index (χ0v) is 14.6. The summed E-state index contributed by atoms with van der Waals surface area (Å²) in [5.74, 6) is 2.25. The molecule has 2 amide bonds. The van der Waals surface area contributed by atoms with Gasteiger partial charge in [0.1, 0.15) is 0 Å². The molecule has 4 fully saturated rings. The number of nitro groups is 1. The zero-order valence-electron chi connectivity index (χ0n) is 14.6. The average molecular weight is 343 g/mol. The number of nitrogens with zero attached hydrogens (tertiary/aromatic N) is 2. The lowest BCUT2D eigenvalue weighted by Crippen LogP contribution is -2.47. The Balaban J connectivity index is 1.46. The van der Waals surface area contributed by atoms with Gasteiger partial charge in [0.15, 0.2) is 0 Å². The maximum absolute atomic E-state index is 12.9. The summed E-state index contributed by atoms with van der Waals surface area (Å²) in [7, 11) is 0. The van der Waals surface area contributed by atoms with Crippen molar-refractivity contribution in [2.45, 2.75) is 51.1 Å². The second-order valence-corrected chi connectivity index (χ2v) is 8.11. The van der Waals surface area contributed by atoms with E-state index < -0.39 is 4.92 Å². The predicted molar refractivity (Wildman–Crippen MR) is 94.1 cm³/mol. The minimum absolute atomic E-state index is 0.0165. The molecule has 1 N–H and O–H groups in total. The monoisotopic (exact) mass is 343 g/mol. The third kappa shape index (κ3) is 3.22. The first kappa shape index (κ1) is 16.4. The van der Waals surface area contributed by atoms with Gasteiger partial charge >= 0.3 is 6.03 Å². The number of fused-ring (bicyclic) bond motifs is 1. The number of non-ortho nitro benzene ring substituents is 1. The van der Waals surface area contributed by atoms with E-state index >= 15 is 0 Å². The number of carbonyl (C=O) groups excluding carboxylic acids is 1. The Kier molecular flexibility index (Phi) is 4.13. The molecule has 1 aromatic rings. The summed E-state index contributed by atoms with van der Waals surface area (Å²) in [5, 5.41) is 14.0. The van der Waals surface area contributed by atoms with Gasteiger partial charge in [-0.1, -0.05) is 12.1 Å². The third-order valence-electron chi connectivity index (χ3n) is 6.29. The number of hydrogen-bond acceptors (Lipinski definition) is 3. The van der Waals surface area contributed by atoms with Gasteiger partial charge in [-0.25, -0.2) is 4.79 Å². The van der Waals surface area contributed by atoms with Crippen molar-refractivity contribution in [1.82, 2.24) is 10.2 Å². The molecule has 6 nitrogen and oxygen atoms in total. The van der Waals surface area contributed by atoms with Crippen LogP contribution >= 0.6 is 0 Å². The summed E-state index contributed by atoms with van der Waals surface area (Å²) in [4.78, 5) is 25.5. The fourth-order valence-electron chi connectivity index (χ4n) is 5.29. The molecule has 4 aliphatic rings. The van der Waals surface area contributed by atoms with Gasteiger partial charge in [0.25, 0.3) is 5.69 Å². The van der Waals surface area contributed by atoms with Gasteiger partial charge in [-0.15, -0.1) is 0 Å². The predicted octanol–water partition coefficient (Wildman–Crippen LogP) is 3.88. The lowest BCUT2D eigenvalue weighted by molar-refractivity contribution is -0.384. The van der Waals surface area contributed by atoms with E-state index in [1.807, 2.05) is 13.0 Å². The summed E-state index contributed by atoms with van der Waals surface area (Å²) in [6.07, 6.45) is 6.19. The second kappa shape index (κ2) is 6.32. The molecule has 0 spiro atoms. The van der Waals surface area contributed by atoms with Crippen LogP contribution in [0.5, 0.6) is 0 Å². The van der Waals surface area contributed by atoms with Gasteiger partial charge in [0.2, 0.25) is 0 Å². The molecule has 2 saturated heterocycles. The molecule has 3 atom stereocenters. The van der Waals surface area contributed by atoms with Crippen molar-refractivity contribution in [1.29, 1.82) is 0 Å². The van der Waals surface area contributed by atoms with Gasteiger partial charge in [-0.05, 0) is 62.3 Å². The molecule has 2 saturated carbocycles. The number of hydrogen-bond donors (Lipinski definition) is 1. The van der Waals surface area contributed by atoms with Gasteiger partial charge in [0, 0.05) is 24.7 Å². The van der Waals surface area contributed by atoms with Crippen molar-refractivity contribution in [3.05, 3.63) is 39.9 Å². The summed E-state index contributed by atoms with van der Waals surface area (Å²) < 4.78 is 0. The lowest BCUT2D eigenvalue weighted by atomic mass is 9.68. The molecule has 0 radical (unpaired) electrons. The highest BCUT2D eigenvalue weighted by molar-refractivity contribution is 5.75. The molecule has 2 heterocycles. The lowest BCUT2D eigenvalue weighted by Gasteiger charge is -2.39. The fourth-order valence-corrected chi connectivity index (χ4v) is 5.29. The molecule has 4 bridgehead atoms. The van der Waals surface area contributed by atoms with E-state index in [4.69, 9.17) is 0 Å². The molecule has 25 heavy (non-hydrogen) atoms. The normalized spacial score (nSPS) is 31.5. The molecular formula is C19H25N3O3. The van der Waals surface area contributed by atoms with Crippen molar-refractivity contribution < 1.29 is 9.72 Å². The van der Waals surface area contributed by atoms with Crippen LogP contribution in [-0.2, 0) is 0 Å². The molecule has 134 valence electrons. The number of carbonyl (C=O) groups is 1. The summed E-state index contributed by atoms with van der Waals surface area (Å²) in [5.41, 5.74) is 0.826. The van der Waals surface area contributed by atoms with E-state index in [0.717, 1.165) is 36.8 Å². The van der Waals surface area contributed by atoms with Crippen LogP contribution in [0.4, 0.5) is 10.5 Å². The van der Waals surface area contributed by atoms with Crippen LogP contribution in [0.2, 0.25) is 0 Å². The SMILES string of the molecule is CC(NC(=O)N1CC2CC3CC(C2)CC1C3)c1cccc([N+](=O)[O-])c1. The molecule has 3 unspecified atom stereocenters. The highest BCUT2D eigenvalue weighted by atomic mass is 16.6. The number of nitrogens with one attached hydrogen (secondary N) is 1. The van der Waals surface area contributed by atoms with E-state index in [0.29, 0.717) is 12.0 Å². The number of rotatable bonds is 3. The quantitative estimate of drug-likeness (QED) is 0.668. The van der Waals surface area contributed by atoms with Crippen molar-refractivity contribution >= 4 is 11.7 Å². The minimum Gasteiger partial charge on any atom is -0.331 e. The van der Waals surface area contributed by atoms with Crippen molar-refractivity contribution in [3.8, 4) is 0 Å². The largest absolute Gasteiger partial charge is 0.331 e. The first-order valence-corrected chi connectivity index (χ1v) is 9.31. The van der Waals surface area contributed by atoms with E-state index in [1.165, 1.54) is 25.3 Å². The van der Waals surface area contributed by atoms with Crippen LogP contribution in [-0.4, -0.2) is 28.4 Å². The third-order valence-corrected chi connectivity index (χ3v) is 6.29. The maximum atomic E-state index is 12.9. The maximum Gasteiger partial charge on any atom is 0.318 e. The Morgan fingerprint density at radius 2 is 1.88 bits per heavy atom. The summed E-state index contributed by atoms with van der Waals surface area (Å²) >= 11 is 0. The van der Waals surface area contributed by atoms with Crippen LogP contribution in [0.3, 0.4) is 0 Å². The topological polar surface area (TPSA) is 75.5 Å². The number of urea groups is 1. The highest BCUT2D eigenvalue weighted by Gasteiger charge is 2.44. The van der Waals surface area contributed by atoms with Crippen molar-refractivity contribution in [2.24, 2.45) is 17.8 Å². The second-order valence-electron chi connectivity index (χ2n) is 8.11. The molecule has 5 rings (SSSR count). The Morgan fingerprint density at radius 1 is 1.20 bits per heavy atom. The van der Waals surface area contributed by atoms with E-state index in [-0.39, 0.29) is 17.8 Å². The van der Waals surface area contributed by atoms with Crippen LogP contribution in [0, 0.1) is 27.9 Å². The molecule has 1 aromatic carbocycles. The Morgan fingerprint density at radius 3 is 2.56 bits per heavy atom.